The molecule has 0 atom stereocenters. The van der Waals surface area contributed by atoms with E-state index in [1.54, 1.807) is 6.92 Å². The van der Waals surface area contributed by atoms with E-state index in [2.05, 4.69) is 4.98 Å². The van der Waals surface area contributed by atoms with Crippen molar-refractivity contribution in [3.8, 4) is 0 Å². The normalized spacial score (nSPS) is 9.81. The smallest absolute Gasteiger partial charge is 0.323 e. The summed E-state index contributed by atoms with van der Waals surface area (Å²) in [4.78, 5) is 25.8. The summed E-state index contributed by atoms with van der Waals surface area (Å²) >= 11 is 0. The highest BCUT2D eigenvalue weighted by Crippen LogP contribution is 2.25. The SMILES string of the molecule is CCN(CC(=O)O)c1ccncc1[N+](=O)[O-]. The Hall–Kier alpha value is -2.18. The number of anilines is 1. The Bertz CT molecular complexity index is 407. The Morgan fingerprint density at radius 2 is 2.38 bits per heavy atom. The lowest BCUT2D eigenvalue weighted by molar-refractivity contribution is -0.384. The van der Waals surface area contributed by atoms with E-state index in [9.17, 15) is 14.9 Å². The first kappa shape index (κ1) is 11.9. The predicted molar refractivity (Wildman–Crippen MR) is 56.4 cm³/mol. The van der Waals surface area contributed by atoms with E-state index in [1.165, 1.54) is 17.2 Å². The first-order chi connectivity index (χ1) is 7.56. The number of aromatic nitrogens is 1. The van der Waals surface area contributed by atoms with Crippen molar-refractivity contribution in [3.05, 3.63) is 28.6 Å². The van der Waals surface area contributed by atoms with E-state index in [0.717, 1.165) is 6.20 Å². The number of likely N-dealkylation sites (N-methyl/N-ethyl adjacent to an activating group) is 1. The zero-order chi connectivity index (χ0) is 12.1. The van der Waals surface area contributed by atoms with Gasteiger partial charge in [-0.2, -0.15) is 0 Å². The van der Waals surface area contributed by atoms with Crippen molar-refractivity contribution in [1.82, 2.24) is 4.98 Å². The van der Waals surface area contributed by atoms with Gasteiger partial charge in [0, 0.05) is 12.7 Å². The predicted octanol–water partition coefficient (Wildman–Crippen LogP) is 0.901. The van der Waals surface area contributed by atoms with Crippen LogP contribution in [0.4, 0.5) is 11.4 Å². The van der Waals surface area contributed by atoms with E-state index >= 15 is 0 Å². The van der Waals surface area contributed by atoms with Gasteiger partial charge in [0.15, 0.2) is 0 Å². The van der Waals surface area contributed by atoms with Gasteiger partial charge in [0.25, 0.3) is 0 Å². The number of nitro groups is 1. The maximum absolute atomic E-state index is 10.7. The molecule has 0 radical (unpaired) electrons. The molecular weight excluding hydrogens is 214 g/mol. The zero-order valence-electron chi connectivity index (χ0n) is 8.66. The summed E-state index contributed by atoms with van der Waals surface area (Å²) in [5.74, 6) is -1.03. The summed E-state index contributed by atoms with van der Waals surface area (Å²) in [5, 5.41) is 19.4. The Labute approximate surface area is 91.5 Å². The summed E-state index contributed by atoms with van der Waals surface area (Å²) in [7, 11) is 0. The number of nitrogens with zero attached hydrogens (tertiary/aromatic N) is 3. The van der Waals surface area contributed by atoms with Crippen LogP contribution in [0.2, 0.25) is 0 Å². The topological polar surface area (TPSA) is 96.6 Å². The van der Waals surface area contributed by atoms with Crippen molar-refractivity contribution >= 4 is 17.3 Å². The summed E-state index contributed by atoms with van der Waals surface area (Å²) < 4.78 is 0. The van der Waals surface area contributed by atoms with Gasteiger partial charge in [0.2, 0.25) is 0 Å². The molecular formula is C9H11N3O4. The largest absolute Gasteiger partial charge is 0.480 e. The molecule has 1 aromatic heterocycles. The highest BCUT2D eigenvalue weighted by Gasteiger charge is 2.19. The number of hydrogen-bond donors (Lipinski definition) is 1. The molecule has 1 aromatic rings. The lowest BCUT2D eigenvalue weighted by Gasteiger charge is -2.19. The van der Waals surface area contributed by atoms with Crippen LogP contribution in [0.15, 0.2) is 18.5 Å². The molecule has 0 spiro atoms. The van der Waals surface area contributed by atoms with E-state index in [4.69, 9.17) is 5.11 Å². The van der Waals surface area contributed by atoms with E-state index in [0.29, 0.717) is 6.54 Å². The molecule has 0 saturated heterocycles. The average molecular weight is 225 g/mol. The van der Waals surface area contributed by atoms with Crippen molar-refractivity contribution in [2.45, 2.75) is 6.92 Å². The number of carbonyl (C=O) groups is 1. The molecule has 0 bridgehead atoms. The first-order valence-corrected chi connectivity index (χ1v) is 4.61. The van der Waals surface area contributed by atoms with E-state index < -0.39 is 10.9 Å². The van der Waals surface area contributed by atoms with E-state index in [-0.39, 0.29) is 17.9 Å². The summed E-state index contributed by atoms with van der Waals surface area (Å²) in [6.07, 6.45) is 2.51. The molecule has 86 valence electrons. The van der Waals surface area contributed by atoms with Gasteiger partial charge in [0.1, 0.15) is 18.4 Å². The lowest BCUT2D eigenvalue weighted by atomic mass is 10.3. The number of rotatable bonds is 5. The molecule has 0 aliphatic heterocycles. The zero-order valence-corrected chi connectivity index (χ0v) is 8.66. The summed E-state index contributed by atoms with van der Waals surface area (Å²) in [6.45, 7) is 1.83. The third kappa shape index (κ3) is 2.66. The molecule has 0 amide bonds. The number of hydrogen-bond acceptors (Lipinski definition) is 5. The Kier molecular flexibility index (Phi) is 3.76. The quantitative estimate of drug-likeness (QED) is 0.590. The summed E-state index contributed by atoms with van der Waals surface area (Å²) in [5.41, 5.74) is 0.0792. The van der Waals surface area contributed by atoms with Gasteiger partial charge >= 0.3 is 11.7 Å². The van der Waals surface area contributed by atoms with Crippen molar-refractivity contribution in [2.75, 3.05) is 18.0 Å². The van der Waals surface area contributed by atoms with Crippen LogP contribution < -0.4 is 4.90 Å². The monoisotopic (exact) mass is 225 g/mol. The molecule has 0 unspecified atom stereocenters. The van der Waals surface area contributed by atoms with Crippen LogP contribution in [-0.4, -0.2) is 34.1 Å². The standard InChI is InChI=1S/C9H11N3O4/c1-2-11(6-9(13)14)7-3-4-10-5-8(7)12(15)16/h3-5H,2,6H2,1H3,(H,13,14). The minimum absolute atomic E-state index is 0.189. The van der Waals surface area contributed by atoms with Crippen molar-refractivity contribution in [2.24, 2.45) is 0 Å². The molecule has 7 heteroatoms. The van der Waals surface area contributed by atoms with Crippen LogP contribution in [-0.2, 0) is 4.79 Å². The second kappa shape index (κ2) is 5.06. The third-order valence-corrected chi connectivity index (χ3v) is 2.02. The third-order valence-electron chi connectivity index (χ3n) is 2.02. The van der Waals surface area contributed by atoms with Gasteiger partial charge in [-0.15, -0.1) is 0 Å². The maximum Gasteiger partial charge on any atom is 0.323 e. The van der Waals surface area contributed by atoms with Crippen molar-refractivity contribution in [1.29, 1.82) is 0 Å². The number of pyridine rings is 1. The average Bonchev–Trinajstić information content (AvgIpc) is 2.25. The maximum atomic E-state index is 10.7. The van der Waals surface area contributed by atoms with Gasteiger partial charge in [-0.1, -0.05) is 0 Å². The van der Waals surface area contributed by atoms with Crippen LogP contribution >= 0.6 is 0 Å². The van der Waals surface area contributed by atoms with Gasteiger partial charge in [-0.05, 0) is 13.0 Å². The Morgan fingerprint density at radius 1 is 1.69 bits per heavy atom. The molecule has 16 heavy (non-hydrogen) atoms. The number of aliphatic carboxylic acids is 1. The minimum Gasteiger partial charge on any atom is -0.480 e. The highest BCUT2D eigenvalue weighted by atomic mass is 16.6. The molecule has 1 heterocycles. The van der Waals surface area contributed by atoms with Crippen LogP contribution in [0.3, 0.4) is 0 Å². The molecule has 0 aliphatic rings. The fourth-order valence-corrected chi connectivity index (χ4v) is 1.32. The molecule has 0 saturated carbocycles. The van der Waals surface area contributed by atoms with Crippen LogP contribution in [0.5, 0.6) is 0 Å². The first-order valence-electron chi connectivity index (χ1n) is 4.61. The van der Waals surface area contributed by atoms with Gasteiger partial charge in [0.05, 0.1) is 4.92 Å². The van der Waals surface area contributed by atoms with E-state index in [1.807, 2.05) is 0 Å². The van der Waals surface area contributed by atoms with Gasteiger partial charge in [-0.25, -0.2) is 0 Å². The van der Waals surface area contributed by atoms with Crippen LogP contribution in [0.1, 0.15) is 6.92 Å². The van der Waals surface area contributed by atoms with Gasteiger partial charge < -0.3 is 10.0 Å². The highest BCUT2D eigenvalue weighted by molar-refractivity contribution is 5.75. The Morgan fingerprint density at radius 3 is 2.88 bits per heavy atom. The fourth-order valence-electron chi connectivity index (χ4n) is 1.32. The fraction of sp³-hybridized carbons (Fsp3) is 0.333. The van der Waals surface area contributed by atoms with Crippen LogP contribution in [0.25, 0.3) is 0 Å². The number of carboxylic acids is 1. The molecule has 0 aliphatic carbocycles. The molecule has 7 nitrogen and oxygen atoms in total. The van der Waals surface area contributed by atoms with Crippen molar-refractivity contribution in [3.63, 3.8) is 0 Å². The second-order valence-corrected chi connectivity index (χ2v) is 3.03. The molecule has 1 rings (SSSR count). The van der Waals surface area contributed by atoms with Crippen molar-refractivity contribution < 1.29 is 14.8 Å². The second-order valence-electron chi connectivity index (χ2n) is 3.03. The van der Waals surface area contributed by atoms with Gasteiger partial charge in [-0.3, -0.25) is 19.9 Å². The molecule has 0 fully saturated rings. The molecule has 0 aromatic carbocycles. The molecule has 1 N–H and O–H groups in total. The number of carboxylic acid groups (broad SMARTS) is 1. The Balaban J connectivity index is 3.08. The van der Waals surface area contributed by atoms with Crippen LogP contribution in [0, 0.1) is 10.1 Å². The summed E-state index contributed by atoms with van der Waals surface area (Å²) in [6, 6.07) is 1.44. The lowest BCUT2D eigenvalue weighted by Crippen LogP contribution is -2.29. The minimum atomic E-state index is -1.03.